The summed E-state index contributed by atoms with van der Waals surface area (Å²) in [6, 6.07) is 0. The number of rotatable bonds is 1. The molecule has 1 fully saturated rings. The molecule has 0 aromatic rings. The highest BCUT2D eigenvalue weighted by Gasteiger charge is 2.28. The van der Waals surface area contributed by atoms with Crippen molar-refractivity contribution < 1.29 is 0 Å². The van der Waals surface area contributed by atoms with Crippen LogP contribution in [0.2, 0.25) is 0 Å². The maximum absolute atomic E-state index is 2.44. The Morgan fingerprint density at radius 3 is 2.11 bits per heavy atom. The van der Waals surface area contributed by atoms with Crippen LogP contribution in [0, 0.1) is 5.92 Å². The molecule has 0 N–H and O–H groups in total. The van der Waals surface area contributed by atoms with Crippen LogP contribution in [0.4, 0.5) is 0 Å². The Hall–Kier alpha value is -0.520. The number of hydrogen-bond acceptors (Lipinski definition) is 0. The molecule has 2 aliphatic carbocycles. The van der Waals surface area contributed by atoms with Gasteiger partial charge in [0.25, 0.3) is 0 Å². The normalized spacial score (nSPS) is 24.9. The Morgan fingerprint density at radius 1 is 1.22 bits per heavy atom. The molecule has 0 radical (unpaired) electrons. The summed E-state index contributed by atoms with van der Waals surface area (Å²) in [5.74, 6) is 0.794. The van der Waals surface area contributed by atoms with E-state index in [1.165, 1.54) is 12.8 Å². The lowest BCUT2D eigenvalue weighted by molar-refractivity contribution is 1.11. The second-order valence-electron chi connectivity index (χ2n) is 3.17. The topological polar surface area (TPSA) is 0 Å². The SMILES string of the molecule is CC1=C(C)C1C=C1CC1. The van der Waals surface area contributed by atoms with E-state index in [2.05, 4.69) is 19.9 Å². The van der Waals surface area contributed by atoms with Gasteiger partial charge in [-0.05, 0) is 26.7 Å². The van der Waals surface area contributed by atoms with Crippen molar-refractivity contribution in [3.05, 3.63) is 22.8 Å². The molecule has 9 heavy (non-hydrogen) atoms. The number of allylic oxidation sites excluding steroid dienone is 4. The van der Waals surface area contributed by atoms with Crippen LogP contribution >= 0.6 is 0 Å². The first kappa shape index (κ1) is 5.28. The zero-order valence-electron chi connectivity index (χ0n) is 6.07. The molecule has 0 unspecified atom stereocenters. The van der Waals surface area contributed by atoms with E-state index >= 15 is 0 Å². The van der Waals surface area contributed by atoms with Crippen LogP contribution in [-0.2, 0) is 0 Å². The minimum Gasteiger partial charge on any atom is -0.0741 e. The second-order valence-corrected chi connectivity index (χ2v) is 3.17. The Morgan fingerprint density at radius 2 is 1.78 bits per heavy atom. The van der Waals surface area contributed by atoms with Gasteiger partial charge < -0.3 is 0 Å². The van der Waals surface area contributed by atoms with Crippen molar-refractivity contribution in [1.29, 1.82) is 0 Å². The van der Waals surface area contributed by atoms with Gasteiger partial charge in [-0.1, -0.05) is 22.8 Å². The van der Waals surface area contributed by atoms with Crippen LogP contribution in [0.25, 0.3) is 0 Å². The average molecular weight is 120 g/mol. The molecule has 0 aliphatic heterocycles. The van der Waals surface area contributed by atoms with E-state index in [4.69, 9.17) is 0 Å². The first-order valence-electron chi connectivity index (χ1n) is 3.66. The molecule has 0 aromatic carbocycles. The summed E-state index contributed by atoms with van der Waals surface area (Å²) in [4.78, 5) is 0. The lowest BCUT2D eigenvalue weighted by atomic mass is 10.2. The lowest BCUT2D eigenvalue weighted by Crippen LogP contribution is -1.70. The van der Waals surface area contributed by atoms with Crippen LogP contribution in [0.1, 0.15) is 26.7 Å². The van der Waals surface area contributed by atoms with Gasteiger partial charge in [0.15, 0.2) is 0 Å². The Kier molecular flexibility index (Phi) is 0.879. The maximum Gasteiger partial charge on any atom is 0.0190 e. The maximum atomic E-state index is 2.44. The van der Waals surface area contributed by atoms with E-state index < -0.39 is 0 Å². The molecule has 0 aromatic heterocycles. The summed E-state index contributed by atoms with van der Waals surface area (Å²) in [6.07, 6.45) is 5.18. The molecular formula is C9H12. The molecule has 0 heterocycles. The van der Waals surface area contributed by atoms with E-state index in [0.29, 0.717) is 0 Å². The third-order valence-electron chi connectivity index (χ3n) is 2.41. The highest BCUT2D eigenvalue weighted by Crippen LogP contribution is 2.43. The predicted molar refractivity (Wildman–Crippen MR) is 39.2 cm³/mol. The van der Waals surface area contributed by atoms with E-state index in [1.807, 2.05) is 0 Å². The van der Waals surface area contributed by atoms with Crippen molar-refractivity contribution in [2.24, 2.45) is 5.92 Å². The summed E-state index contributed by atoms with van der Waals surface area (Å²) < 4.78 is 0. The molecule has 0 amide bonds. The quantitative estimate of drug-likeness (QED) is 0.467. The molecular weight excluding hydrogens is 108 g/mol. The van der Waals surface area contributed by atoms with Crippen molar-refractivity contribution in [2.45, 2.75) is 26.7 Å². The van der Waals surface area contributed by atoms with E-state index in [0.717, 1.165) is 5.92 Å². The zero-order chi connectivity index (χ0) is 6.43. The summed E-state index contributed by atoms with van der Waals surface area (Å²) in [7, 11) is 0. The predicted octanol–water partition coefficient (Wildman–Crippen LogP) is 2.67. The molecule has 0 atom stereocenters. The highest BCUT2D eigenvalue weighted by atomic mass is 14.3. The largest absolute Gasteiger partial charge is 0.0741 e. The van der Waals surface area contributed by atoms with Gasteiger partial charge in [-0.3, -0.25) is 0 Å². The molecule has 2 rings (SSSR count). The Bertz CT molecular complexity index is 188. The van der Waals surface area contributed by atoms with Gasteiger partial charge in [-0.15, -0.1) is 0 Å². The van der Waals surface area contributed by atoms with Crippen LogP contribution in [-0.4, -0.2) is 0 Å². The van der Waals surface area contributed by atoms with Crippen LogP contribution in [0.5, 0.6) is 0 Å². The van der Waals surface area contributed by atoms with Gasteiger partial charge in [0.1, 0.15) is 0 Å². The second kappa shape index (κ2) is 1.50. The Balaban J connectivity index is 2.00. The fourth-order valence-corrected chi connectivity index (χ4v) is 1.23. The minimum atomic E-state index is 0.794. The molecule has 2 aliphatic rings. The molecule has 1 saturated carbocycles. The zero-order valence-corrected chi connectivity index (χ0v) is 6.07. The van der Waals surface area contributed by atoms with Crippen molar-refractivity contribution in [3.63, 3.8) is 0 Å². The van der Waals surface area contributed by atoms with E-state index in [9.17, 15) is 0 Å². The van der Waals surface area contributed by atoms with E-state index in [-0.39, 0.29) is 0 Å². The van der Waals surface area contributed by atoms with Crippen molar-refractivity contribution in [1.82, 2.24) is 0 Å². The summed E-state index contributed by atoms with van der Waals surface area (Å²) >= 11 is 0. The number of hydrogen-bond donors (Lipinski definition) is 0. The summed E-state index contributed by atoms with van der Waals surface area (Å²) in [5.41, 5.74) is 4.89. The molecule has 0 saturated heterocycles. The van der Waals surface area contributed by atoms with Crippen LogP contribution in [0.15, 0.2) is 22.8 Å². The smallest absolute Gasteiger partial charge is 0.0190 e. The lowest BCUT2D eigenvalue weighted by Gasteiger charge is -1.82. The van der Waals surface area contributed by atoms with Gasteiger partial charge in [0, 0.05) is 5.92 Å². The fourth-order valence-electron chi connectivity index (χ4n) is 1.23. The van der Waals surface area contributed by atoms with Crippen molar-refractivity contribution in [2.75, 3.05) is 0 Å². The van der Waals surface area contributed by atoms with Gasteiger partial charge in [-0.2, -0.15) is 0 Å². The first-order valence-corrected chi connectivity index (χ1v) is 3.66. The standard InChI is InChI=1S/C9H12/c1-6-7(2)9(6)5-8-3-4-8/h5,9H,3-4H2,1-2H3. The van der Waals surface area contributed by atoms with Gasteiger partial charge in [0.2, 0.25) is 0 Å². The molecule has 0 heteroatoms. The van der Waals surface area contributed by atoms with Crippen molar-refractivity contribution >= 4 is 0 Å². The monoisotopic (exact) mass is 120 g/mol. The van der Waals surface area contributed by atoms with Gasteiger partial charge in [0.05, 0.1) is 0 Å². The minimum absolute atomic E-state index is 0.794. The summed E-state index contributed by atoms with van der Waals surface area (Å²) in [5, 5.41) is 0. The summed E-state index contributed by atoms with van der Waals surface area (Å²) in [6.45, 7) is 4.47. The highest BCUT2D eigenvalue weighted by molar-refractivity contribution is 5.44. The third-order valence-corrected chi connectivity index (χ3v) is 2.41. The average Bonchev–Trinajstić information content (AvgIpc) is 2.69. The Labute approximate surface area is 56.3 Å². The van der Waals surface area contributed by atoms with Crippen LogP contribution < -0.4 is 0 Å². The van der Waals surface area contributed by atoms with Gasteiger partial charge >= 0.3 is 0 Å². The van der Waals surface area contributed by atoms with Crippen molar-refractivity contribution in [3.8, 4) is 0 Å². The molecule has 0 bridgehead atoms. The fraction of sp³-hybridized carbons (Fsp3) is 0.556. The molecule has 0 spiro atoms. The third kappa shape index (κ3) is 0.827. The van der Waals surface area contributed by atoms with Crippen LogP contribution in [0.3, 0.4) is 0 Å². The first-order chi connectivity index (χ1) is 4.29. The molecule has 48 valence electrons. The van der Waals surface area contributed by atoms with Gasteiger partial charge in [-0.25, -0.2) is 0 Å². The molecule has 0 nitrogen and oxygen atoms in total. The van der Waals surface area contributed by atoms with E-state index in [1.54, 1.807) is 16.7 Å².